The molecule has 6 unspecified atom stereocenters. The summed E-state index contributed by atoms with van der Waals surface area (Å²) in [4.78, 5) is 18.8. The predicted octanol–water partition coefficient (Wildman–Crippen LogP) is 6.57. The Balaban J connectivity index is 1.05. The number of hydrogen-bond acceptors (Lipinski definition) is 5. The standard InChI is InChI=1S/C32H48BN4O/c1-3-23-18-31-27(30(31)13-10-25(36-38)17-26(23)30)11-12-29(2)24(9-14-32(29,31)34)20-33-19-22-7-8-28(35-21-22)37-15-5-4-6-16-37/h7-8,21,23-27H,3-6,9-20,34H2,1-2H3/t23-,24?,25+,26?,27?,29?,30?,31?,32-/m0/s1. The highest BCUT2D eigenvalue weighted by Crippen LogP contribution is 2.93. The van der Waals surface area contributed by atoms with E-state index >= 15 is 0 Å². The number of fused-ring (bicyclic) bond motifs is 1. The van der Waals surface area contributed by atoms with E-state index in [9.17, 15) is 4.91 Å². The minimum absolute atomic E-state index is 0.0390. The topological polar surface area (TPSA) is 71.6 Å². The minimum Gasteiger partial charge on any atom is -0.357 e. The van der Waals surface area contributed by atoms with Crippen LogP contribution in [0.3, 0.4) is 0 Å². The van der Waals surface area contributed by atoms with Crippen LogP contribution in [0.1, 0.15) is 96.5 Å². The lowest BCUT2D eigenvalue weighted by Gasteiger charge is -2.54. The van der Waals surface area contributed by atoms with Crippen LogP contribution in [0.4, 0.5) is 5.82 Å². The second-order valence-electron chi connectivity index (χ2n) is 14.5. The number of hydrogen-bond donors (Lipinski definition) is 1. The van der Waals surface area contributed by atoms with E-state index in [0.717, 1.165) is 49.9 Å². The highest BCUT2D eigenvalue weighted by atomic mass is 16.3. The van der Waals surface area contributed by atoms with Crippen LogP contribution in [0.2, 0.25) is 6.32 Å². The molecule has 1 aromatic rings. The highest BCUT2D eigenvalue weighted by Gasteiger charge is 2.91. The molecule has 2 N–H and O–H groups in total. The van der Waals surface area contributed by atoms with Crippen molar-refractivity contribution in [1.82, 2.24) is 4.98 Å². The number of aromatic nitrogens is 1. The molecule has 7 rings (SSSR count). The second kappa shape index (κ2) is 9.04. The monoisotopic (exact) mass is 515 g/mol. The molecule has 2 heterocycles. The number of piperidine rings is 1. The van der Waals surface area contributed by atoms with E-state index in [1.807, 2.05) is 0 Å². The third kappa shape index (κ3) is 3.19. The summed E-state index contributed by atoms with van der Waals surface area (Å²) in [6.07, 6.45) is 19.2. The largest absolute Gasteiger partial charge is 0.357 e. The molecule has 6 aliphatic rings. The fraction of sp³-hybridized carbons (Fsp3) is 0.844. The van der Waals surface area contributed by atoms with Gasteiger partial charge < -0.3 is 10.6 Å². The maximum atomic E-state index is 11.5. The van der Waals surface area contributed by atoms with E-state index in [1.165, 1.54) is 76.1 Å². The first-order valence-electron chi connectivity index (χ1n) is 16.1. The first-order chi connectivity index (χ1) is 18.4. The molecule has 1 aromatic heterocycles. The normalized spacial score (nSPS) is 47.0. The average molecular weight is 516 g/mol. The number of nitroso groups, excluding NO2 is 1. The number of rotatable bonds is 7. The molecule has 5 aliphatic carbocycles. The number of nitrogens with two attached hydrogens (primary N) is 1. The Labute approximate surface area is 230 Å². The van der Waals surface area contributed by atoms with Gasteiger partial charge in [-0.2, -0.15) is 4.91 Å². The molecule has 9 atom stereocenters. The van der Waals surface area contributed by atoms with Gasteiger partial charge in [0.15, 0.2) is 0 Å². The van der Waals surface area contributed by atoms with Gasteiger partial charge in [-0.15, -0.1) is 0 Å². The summed E-state index contributed by atoms with van der Waals surface area (Å²) in [5.41, 5.74) is 10.1. The summed E-state index contributed by atoms with van der Waals surface area (Å²) in [6.45, 7) is 7.25. The molecule has 5 saturated carbocycles. The highest BCUT2D eigenvalue weighted by molar-refractivity contribution is 6.35. The first-order valence-corrected chi connectivity index (χ1v) is 16.1. The zero-order valence-corrected chi connectivity index (χ0v) is 23.8. The fourth-order valence-electron chi connectivity index (χ4n) is 12.0. The number of anilines is 1. The SMILES string of the molecule is CC[C@H]1CC23C(CCC4(C)C(C[B]Cc5ccc(N6CCCCC6)nc5)CC[C@]42N)C32CC[C@@H](N=O)CC12. The third-order valence-corrected chi connectivity index (χ3v) is 13.7. The molecule has 1 aliphatic heterocycles. The predicted molar refractivity (Wildman–Crippen MR) is 155 cm³/mol. The van der Waals surface area contributed by atoms with E-state index in [4.69, 9.17) is 10.7 Å². The van der Waals surface area contributed by atoms with Crippen molar-refractivity contribution in [3.63, 3.8) is 0 Å². The zero-order valence-electron chi connectivity index (χ0n) is 23.8. The molecule has 0 aromatic carbocycles. The summed E-state index contributed by atoms with van der Waals surface area (Å²) < 4.78 is 0. The maximum absolute atomic E-state index is 11.5. The van der Waals surface area contributed by atoms with Gasteiger partial charge in [0.05, 0.1) is 6.04 Å². The van der Waals surface area contributed by atoms with Crippen molar-refractivity contribution in [3.8, 4) is 0 Å². The molecule has 1 radical (unpaired) electrons. The summed E-state index contributed by atoms with van der Waals surface area (Å²) in [5.74, 6) is 4.07. The van der Waals surface area contributed by atoms with Crippen LogP contribution in [0.5, 0.6) is 0 Å². The van der Waals surface area contributed by atoms with Crippen LogP contribution in [0, 0.1) is 44.8 Å². The van der Waals surface area contributed by atoms with Crippen LogP contribution < -0.4 is 10.6 Å². The van der Waals surface area contributed by atoms with Crippen LogP contribution >= 0.6 is 0 Å². The van der Waals surface area contributed by atoms with Crippen LogP contribution in [0.25, 0.3) is 0 Å². The van der Waals surface area contributed by atoms with Gasteiger partial charge in [0, 0.05) is 24.8 Å². The summed E-state index contributed by atoms with van der Waals surface area (Å²) in [6, 6.07) is 4.58. The van der Waals surface area contributed by atoms with Crippen LogP contribution in [-0.2, 0) is 6.32 Å². The Hall–Kier alpha value is -1.43. The Bertz CT molecular complexity index is 1060. The molecule has 5 nitrogen and oxygen atoms in total. The molecular weight excluding hydrogens is 467 g/mol. The number of nitrogens with zero attached hydrogens (tertiary/aromatic N) is 3. The van der Waals surface area contributed by atoms with Gasteiger partial charge >= 0.3 is 0 Å². The zero-order chi connectivity index (χ0) is 26.2. The van der Waals surface area contributed by atoms with Gasteiger partial charge in [-0.05, 0) is 122 Å². The molecule has 6 heteroatoms. The quantitative estimate of drug-likeness (QED) is 0.329. The Kier molecular flexibility index (Phi) is 6.08. The molecule has 38 heavy (non-hydrogen) atoms. The van der Waals surface area contributed by atoms with Gasteiger partial charge in [-0.3, -0.25) is 0 Å². The lowest BCUT2D eigenvalue weighted by atomic mass is 9.51. The van der Waals surface area contributed by atoms with Crippen molar-refractivity contribution in [1.29, 1.82) is 0 Å². The van der Waals surface area contributed by atoms with Crippen molar-refractivity contribution in [2.24, 2.45) is 50.8 Å². The summed E-state index contributed by atoms with van der Waals surface area (Å²) >= 11 is 0. The molecule has 2 spiro atoms. The Morgan fingerprint density at radius 3 is 2.71 bits per heavy atom. The second-order valence-corrected chi connectivity index (χ2v) is 14.5. The summed E-state index contributed by atoms with van der Waals surface area (Å²) in [7, 11) is 2.54. The van der Waals surface area contributed by atoms with Gasteiger partial charge in [0.25, 0.3) is 0 Å². The fourth-order valence-corrected chi connectivity index (χ4v) is 12.0. The molecule has 0 amide bonds. The van der Waals surface area contributed by atoms with E-state index in [2.05, 4.69) is 49.5 Å². The van der Waals surface area contributed by atoms with E-state index < -0.39 is 0 Å². The van der Waals surface area contributed by atoms with Crippen molar-refractivity contribution in [3.05, 3.63) is 28.8 Å². The molecule has 0 bridgehead atoms. The van der Waals surface area contributed by atoms with Crippen molar-refractivity contribution in [2.45, 2.75) is 115 Å². The van der Waals surface area contributed by atoms with Gasteiger partial charge in [-0.1, -0.05) is 44.2 Å². The minimum atomic E-state index is -0.0390. The molecule has 6 fully saturated rings. The van der Waals surface area contributed by atoms with Gasteiger partial charge in [0.1, 0.15) is 13.1 Å². The van der Waals surface area contributed by atoms with Crippen LogP contribution in [0.15, 0.2) is 23.5 Å². The van der Waals surface area contributed by atoms with Crippen molar-refractivity contribution >= 4 is 13.1 Å². The van der Waals surface area contributed by atoms with Gasteiger partial charge in [0.2, 0.25) is 0 Å². The van der Waals surface area contributed by atoms with Gasteiger partial charge in [-0.25, -0.2) is 4.98 Å². The maximum Gasteiger partial charge on any atom is 0.128 e. The van der Waals surface area contributed by atoms with E-state index in [-0.39, 0.29) is 17.0 Å². The van der Waals surface area contributed by atoms with E-state index in [1.54, 1.807) is 0 Å². The molecule has 205 valence electrons. The third-order valence-electron chi connectivity index (χ3n) is 13.7. The summed E-state index contributed by atoms with van der Waals surface area (Å²) in [5, 5.41) is 3.55. The number of pyridine rings is 1. The molecular formula is C32H48BN4O. The van der Waals surface area contributed by atoms with Crippen LogP contribution in [-0.4, -0.2) is 36.9 Å². The smallest absolute Gasteiger partial charge is 0.128 e. The average Bonchev–Trinajstić information content (AvgIpc) is 3.23. The first kappa shape index (κ1) is 25.5. The van der Waals surface area contributed by atoms with E-state index in [0.29, 0.717) is 22.7 Å². The Morgan fingerprint density at radius 1 is 1.13 bits per heavy atom. The Morgan fingerprint density at radius 2 is 1.97 bits per heavy atom. The lowest BCUT2D eigenvalue weighted by Crippen LogP contribution is -2.62. The molecule has 1 saturated heterocycles. The van der Waals surface area contributed by atoms with Crippen molar-refractivity contribution in [2.75, 3.05) is 18.0 Å². The lowest BCUT2D eigenvalue weighted by molar-refractivity contribution is 0.00563. The van der Waals surface area contributed by atoms with Crippen molar-refractivity contribution < 1.29 is 0 Å².